The van der Waals surface area contributed by atoms with Crippen molar-refractivity contribution in [3.63, 3.8) is 0 Å². The lowest BCUT2D eigenvalue weighted by molar-refractivity contribution is -0.133. The molecular weight excluding hydrogens is 366 g/mol. The molecule has 0 aliphatic heterocycles. The van der Waals surface area contributed by atoms with Crippen LogP contribution in [-0.4, -0.2) is 41.1 Å². The first-order chi connectivity index (χ1) is 13.5. The molecule has 2 aromatic rings. The van der Waals surface area contributed by atoms with E-state index in [0.717, 1.165) is 6.42 Å². The summed E-state index contributed by atoms with van der Waals surface area (Å²) in [6.07, 6.45) is 1.46. The third kappa shape index (κ3) is 5.89. The first kappa shape index (κ1) is 23.1. The Kier molecular flexibility index (Phi) is 7.58. The lowest BCUT2D eigenvalue weighted by Gasteiger charge is -2.29. The van der Waals surface area contributed by atoms with E-state index in [1.807, 2.05) is 25.1 Å². The molecule has 0 aliphatic rings. The maximum absolute atomic E-state index is 13.1. The van der Waals surface area contributed by atoms with E-state index in [-0.39, 0.29) is 28.8 Å². The molecule has 0 N–H and O–H groups in total. The van der Waals surface area contributed by atoms with Crippen LogP contribution in [0.25, 0.3) is 10.9 Å². The van der Waals surface area contributed by atoms with Crippen molar-refractivity contribution in [2.45, 2.75) is 60.0 Å². The van der Waals surface area contributed by atoms with Crippen LogP contribution in [-0.2, 0) is 16.1 Å². The van der Waals surface area contributed by atoms with Gasteiger partial charge in [-0.25, -0.2) is 4.98 Å². The Labute approximate surface area is 173 Å². The van der Waals surface area contributed by atoms with Crippen LogP contribution in [0.4, 0.5) is 0 Å². The van der Waals surface area contributed by atoms with Crippen molar-refractivity contribution in [1.29, 1.82) is 0 Å². The van der Waals surface area contributed by atoms with Crippen LogP contribution in [0.2, 0.25) is 0 Å². The van der Waals surface area contributed by atoms with Gasteiger partial charge in [-0.05, 0) is 36.8 Å². The molecule has 160 valence electrons. The Bertz CT molecular complexity index is 898. The van der Waals surface area contributed by atoms with Gasteiger partial charge in [-0.2, -0.15) is 0 Å². The van der Waals surface area contributed by atoms with Gasteiger partial charge in [0.2, 0.25) is 5.91 Å². The number of benzene rings is 1. The molecule has 2 atom stereocenters. The van der Waals surface area contributed by atoms with E-state index in [4.69, 9.17) is 9.72 Å². The summed E-state index contributed by atoms with van der Waals surface area (Å²) in [6, 6.07) is 7.00. The predicted octanol–water partition coefficient (Wildman–Crippen LogP) is 4.02. The Morgan fingerprint density at radius 2 is 1.90 bits per heavy atom. The zero-order valence-corrected chi connectivity index (χ0v) is 18.9. The maximum Gasteiger partial charge on any atom is 0.261 e. The Balaban J connectivity index is 2.33. The van der Waals surface area contributed by atoms with E-state index in [0.29, 0.717) is 36.3 Å². The van der Waals surface area contributed by atoms with Crippen LogP contribution < -0.4 is 5.56 Å². The fourth-order valence-corrected chi connectivity index (χ4v) is 3.85. The summed E-state index contributed by atoms with van der Waals surface area (Å²) in [5.41, 5.74) is 0.733. The average Bonchev–Trinajstić information content (AvgIpc) is 2.64. The number of hydrogen-bond acceptors (Lipinski definition) is 4. The average molecular weight is 402 g/mol. The third-order valence-corrected chi connectivity index (χ3v) is 5.24. The van der Waals surface area contributed by atoms with Crippen molar-refractivity contribution in [3.05, 3.63) is 40.4 Å². The number of amides is 1. The summed E-state index contributed by atoms with van der Waals surface area (Å²) in [6.45, 7) is 11.4. The number of carbonyl (C=O) groups is 1. The molecule has 0 aliphatic carbocycles. The topological polar surface area (TPSA) is 64.4 Å². The zero-order valence-electron chi connectivity index (χ0n) is 18.9. The van der Waals surface area contributed by atoms with Gasteiger partial charge < -0.3 is 9.64 Å². The summed E-state index contributed by atoms with van der Waals surface area (Å²) in [4.78, 5) is 32.4. The van der Waals surface area contributed by atoms with Gasteiger partial charge >= 0.3 is 0 Å². The Morgan fingerprint density at radius 1 is 1.24 bits per heavy atom. The number of hydrogen-bond donors (Lipinski definition) is 0. The number of ether oxygens (including phenoxy) is 1. The molecule has 2 rings (SSSR count). The first-order valence-corrected chi connectivity index (χ1v) is 10.3. The van der Waals surface area contributed by atoms with Gasteiger partial charge in [0, 0.05) is 20.6 Å². The van der Waals surface area contributed by atoms with Crippen LogP contribution in [0.3, 0.4) is 0 Å². The van der Waals surface area contributed by atoms with Gasteiger partial charge in [-0.3, -0.25) is 14.2 Å². The number of carbonyl (C=O) groups excluding carboxylic acids is 1. The molecule has 0 radical (unpaired) electrons. The normalized spacial score (nSPS) is 14.0. The van der Waals surface area contributed by atoms with E-state index >= 15 is 0 Å². The summed E-state index contributed by atoms with van der Waals surface area (Å²) in [7, 11) is 3.40. The van der Waals surface area contributed by atoms with E-state index in [1.54, 1.807) is 29.7 Å². The highest BCUT2D eigenvalue weighted by atomic mass is 16.5. The van der Waals surface area contributed by atoms with E-state index < -0.39 is 0 Å². The minimum Gasteiger partial charge on any atom is -0.383 e. The molecule has 0 saturated heterocycles. The molecule has 0 bridgehead atoms. The Morgan fingerprint density at radius 3 is 2.52 bits per heavy atom. The highest BCUT2D eigenvalue weighted by molar-refractivity contribution is 5.78. The van der Waals surface area contributed by atoms with Crippen molar-refractivity contribution in [2.24, 2.45) is 11.3 Å². The van der Waals surface area contributed by atoms with E-state index in [2.05, 4.69) is 27.7 Å². The van der Waals surface area contributed by atoms with Gasteiger partial charge in [-0.15, -0.1) is 0 Å². The van der Waals surface area contributed by atoms with Crippen LogP contribution in [0.15, 0.2) is 29.1 Å². The van der Waals surface area contributed by atoms with Crippen molar-refractivity contribution < 1.29 is 9.53 Å². The summed E-state index contributed by atoms with van der Waals surface area (Å²) in [5.74, 6) is 0.942. The van der Waals surface area contributed by atoms with Crippen LogP contribution in [0.1, 0.15) is 59.3 Å². The number of aromatic nitrogens is 2. The van der Waals surface area contributed by atoms with E-state index in [9.17, 15) is 9.59 Å². The molecule has 0 saturated carbocycles. The smallest absolute Gasteiger partial charge is 0.261 e. The SMILES string of the molecule is COCCn1c(C(C)N(C)C(=O)CC(C)CC(C)(C)C)nc2ccccc2c1=O. The molecule has 1 aromatic heterocycles. The van der Waals surface area contributed by atoms with Crippen LogP contribution in [0.5, 0.6) is 0 Å². The van der Waals surface area contributed by atoms with Gasteiger partial charge in [0.15, 0.2) is 0 Å². The molecule has 1 heterocycles. The molecule has 6 heteroatoms. The second-order valence-electron chi connectivity index (χ2n) is 9.19. The van der Waals surface area contributed by atoms with E-state index in [1.165, 1.54) is 0 Å². The number of para-hydroxylation sites is 1. The largest absolute Gasteiger partial charge is 0.383 e. The Hall–Kier alpha value is -2.21. The maximum atomic E-state index is 13.1. The minimum atomic E-state index is -0.321. The molecule has 2 unspecified atom stereocenters. The summed E-state index contributed by atoms with van der Waals surface area (Å²) in [5, 5.41) is 0.576. The monoisotopic (exact) mass is 401 g/mol. The summed E-state index contributed by atoms with van der Waals surface area (Å²) >= 11 is 0. The highest BCUT2D eigenvalue weighted by Crippen LogP contribution is 2.27. The molecule has 1 amide bonds. The fraction of sp³-hybridized carbons (Fsp3) is 0.609. The number of nitrogens with zero attached hydrogens (tertiary/aromatic N) is 3. The molecule has 6 nitrogen and oxygen atoms in total. The van der Waals surface area contributed by atoms with Crippen molar-refractivity contribution in [3.8, 4) is 0 Å². The van der Waals surface area contributed by atoms with Gasteiger partial charge in [-0.1, -0.05) is 39.8 Å². The van der Waals surface area contributed by atoms with Crippen LogP contribution in [0, 0.1) is 11.3 Å². The first-order valence-electron chi connectivity index (χ1n) is 10.3. The quantitative estimate of drug-likeness (QED) is 0.670. The molecular formula is C23H35N3O3. The minimum absolute atomic E-state index is 0.0648. The lowest BCUT2D eigenvalue weighted by atomic mass is 9.84. The van der Waals surface area contributed by atoms with Crippen molar-refractivity contribution in [1.82, 2.24) is 14.5 Å². The third-order valence-electron chi connectivity index (χ3n) is 5.24. The lowest BCUT2D eigenvalue weighted by Crippen LogP contribution is -2.36. The van der Waals surface area contributed by atoms with Crippen molar-refractivity contribution >= 4 is 16.8 Å². The predicted molar refractivity (Wildman–Crippen MR) is 117 cm³/mol. The molecule has 0 fully saturated rings. The van der Waals surface area contributed by atoms with Crippen LogP contribution >= 0.6 is 0 Å². The standard InChI is InChI=1S/C23H35N3O3/c1-16(15-23(3,4)5)14-20(27)25(6)17(2)21-24-19-11-9-8-10-18(19)22(28)26(21)12-13-29-7/h8-11,16-17H,12-15H2,1-7H3. The second-order valence-corrected chi connectivity index (χ2v) is 9.19. The second kappa shape index (κ2) is 9.53. The van der Waals surface area contributed by atoms with Gasteiger partial charge in [0.25, 0.3) is 5.56 Å². The van der Waals surface area contributed by atoms with Gasteiger partial charge in [0.1, 0.15) is 5.82 Å². The number of rotatable bonds is 8. The summed E-state index contributed by atoms with van der Waals surface area (Å²) < 4.78 is 6.82. The van der Waals surface area contributed by atoms with Crippen molar-refractivity contribution in [2.75, 3.05) is 20.8 Å². The molecule has 0 spiro atoms. The number of fused-ring (bicyclic) bond motifs is 1. The number of methoxy groups -OCH3 is 1. The molecule has 1 aromatic carbocycles. The molecule has 29 heavy (non-hydrogen) atoms. The zero-order chi connectivity index (χ0) is 21.8. The van der Waals surface area contributed by atoms with Gasteiger partial charge in [0.05, 0.1) is 30.1 Å². The highest BCUT2D eigenvalue weighted by Gasteiger charge is 2.25. The fourth-order valence-electron chi connectivity index (χ4n) is 3.85.